The monoisotopic (exact) mass is 326 g/mol. The predicted molar refractivity (Wildman–Crippen MR) is 97.5 cm³/mol. The summed E-state index contributed by atoms with van der Waals surface area (Å²) in [7, 11) is 0. The zero-order valence-electron chi connectivity index (χ0n) is 15.7. The molecule has 0 bridgehead atoms. The quantitative estimate of drug-likeness (QED) is 0.531. The maximum atomic E-state index is 12.5. The van der Waals surface area contributed by atoms with Gasteiger partial charge in [-0.25, -0.2) is 0 Å². The molecule has 0 saturated heterocycles. The molecule has 0 heterocycles. The van der Waals surface area contributed by atoms with Crippen LogP contribution in [-0.4, -0.2) is 5.97 Å². The molecule has 2 fully saturated rings. The van der Waals surface area contributed by atoms with Gasteiger partial charge in [0.15, 0.2) is 0 Å². The maximum absolute atomic E-state index is 12.5. The Hall–Kier alpha value is -1.57. The van der Waals surface area contributed by atoms with E-state index in [1.54, 1.807) is 0 Å². The van der Waals surface area contributed by atoms with Crippen LogP contribution in [0.4, 0.5) is 0 Å². The SMILES string of the molecule is CC(C)=C(OC(=O)C(C)(C)C)C1[C@H]2CCCC[C@@]12c1ccccc1. The molecule has 3 atom stereocenters. The molecule has 0 amide bonds. The van der Waals surface area contributed by atoms with Crippen molar-refractivity contribution in [3.63, 3.8) is 0 Å². The number of carbonyl (C=O) groups excluding carboxylic acids is 1. The van der Waals surface area contributed by atoms with Gasteiger partial charge < -0.3 is 4.74 Å². The molecule has 0 radical (unpaired) electrons. The standard InChI is InChI=1S/C22H30O2/c1-15(2)19(24-20(23)21(3,4)5)18-17-13-9-10-14-22(17,18)16-11-7-6-8-12-16/h6-8,11-12,17-18H,9-10,13-14H2,1-5H3/t17-,18?,22+/m1/s1. The van der Waals surface area contributed by atoms with E-state index < -0.39 is 5.41 Å². The Morgan fingerprint density at radius 2 is 1.79 bits per heavy atom. The summed E-state index contributed by atoms with van der Waals surface area (Å²) in [4.78, 5) is 12.5. The lowest BCUT2D eigenvalue weighted by Crippen LogP contribution is -2.24. The first-order valence-electron chi connectivity index (χ1n) is 9.23. The van der Waals surface area contributed by atoms with Crippen LogP contribution in [0.5, 0.6) is 0 Å². The van der Waals surface area contributed by atoms with Gasteiger partial charge in [0.25, 0.3) is 0 Å². The Balaban J connectivity index is 1.95. The molecule has 2 aliphatic rings. The normalized spacial score (nSPS) is 28.7. The fourth-order valence-electron chi connectivity index (χ4n) is 4.50. The number of allylic oxidation sites excluding steroid dienone is 2. The average Bonchev–Trinajstić information content (AvgIpc) is 3.22. The second-order valence-corrected chi connectivity index (χ2v) is 8.74. The fraction of sp³-hybridized carbons (Fsp3) is 0.591. The van der Waals surface area contributed by atoms with Gasteiger partial charge in [-0.05, 0) is 64.5 Å². The predicted octanol–water partition coefficient (Wildman–Crippen LogP) is 5.63. The van der Waals surface area contributed by atoms with E-state index >= 15 is 0 Å². The highest BCUT2D eigenvalue weighted by Gasteiger charge is 2.67. The zero-order valence-corrected chi connectivity index (χ0v) is 15.7. The average molecular weight is 326 g/mol. The second-order valence-electron chi connectivity index (χ2n) is 8.74. The third-order valence-electron chi connectivity index (χ3n) is 5.77. The number of benzene rings is 1. The third kappa shape index (κ3) is 2.81. The van der Waals surface area contributed by atoms with Crippen molar-refractivity contribution in [2.24, 2.45) is 17.3 Å². The van der Waals surface area contributed by atoms with Crippen molar-refractivity contribution >= 4 is 5.97 Å². The minimum absolute atomic E-state index is 0.120. The van der Waals surface area contributed by atoms with Gasteiger partial charge in [-0.1, -0.05) is 43.2 Å². The molecule has 2 nitrogen and oxygen atoms in total. The van der Waals surface area contributed by atoms with Gasteiger partial charge in [0, 0.05) is 11.3 Å². The number of fused-ring (bicyclic) bond motifs is 1. The van der Waals surface area contributed by atoms with Crippen LogP contribution >= 0.6 is 0 Å². The topological polar surface area (TPSA) is 26.3 Å². The van der Waals surface area contributed by atoms with E-state index in [1.807, 2.05) is 20.8 Å². The van der Waals surface area contributed by atoms with E-state index in [2.05, 4.69) is 44.2 Å². The summed E-state index contributed by atoms with van der Waals surface area (Å²) in [6.07, 6.45) is 5.00. The summed E-state index contributed by atoms with van der Waals surface area (Å²) < 4.78 is 5.98. The summed E-state index contributed by atoms with van der Waals surface area (Å²) >= 11 is 0. The minimum atomic E-state index is -0.472. The molecule has 0 spiro atoms. The van der Waals surface area contributed by atoms with E-state index in [1.165, 1.54) is 31.2 Å². The fourth-order valence-corrected chi connectivity index (χ4v) is 4.50. The summed E-state index contributed by atoms with van der Waals surface area (Å²) in [6, 6.07) is 10.9. The van der Waals surface area contributed by atoms with Crippen LogP contribution in [-0.2, 0) is 14.9 Å². The zero-order chi connectivity index (χ0) is 17.5. The molecule has 3 rings (SSSR count). The highest BCUT2D eigenvalue weighted by atomic mass is 16.5. The summed E-state index contributed by atoms with van der Waals surface area (Å²) in [5, 5.41) is 0. The summed E-state index contributed by atoms with van der Waals surface area (Å²) in [5.41, 5.74) is 2.28. The largest absolute Gasteiger partial charge is 0.430 e. The highest BCUT2D eigenvalue weighted by molar-refractivity contribution is 5.76. The van der Waals surface area contributed by atoms with E-state index in [0.717, 1.165) is 11.3 Å². The molecule has 2 heteroatoms. The molecular formula is C22H30O2. The number of carbonyl (C=O) groups is 1. The van der Waals surface area contributed by atoms with Crippen LogP contribution in [0.15, 0.2) is 41.7 Å². The smallest absolute Gasteiger partial charge is 0.316 e. The van der Waals surface area contributed by atoms with Crippen molar-refractivity contribution in [1.82, 2.24) is 0 Å². The van der Waals surface area contributed by atoms with E-state index in [4.69, 9.17) is 4.74 Å². The molecule has 1 aromatic rings. The Bertz CT molecular complexity index is 646. The Labute approximate surface area is 146 Å². The van der Waals surface area contributed by atoms with E-state index in [0.29, 0.717) is 11.8 Å². The van der Waals surface area contributed by atoms with Crippen LogP contribution in [0.2, 0.25) is 0 Å². The molecule has 1 aromatic carbocycles. The molecule has 0 aliphatic heterocycles. The lowest BCUT2D eigenvalue weighted by molar-refractivity contribution is -0.149. The Morgan fingerprint density at radius 1 is 1.12 bits per heavy atom. The van der Waals surface area contributed by atoms with Crippen molar-refractivity contribution in [1.29, 1.82) is 0 Å². The van der Waals surface area contributed by atoms with Crippen LogP contribution in [0, 0.1) is 17.3 Å². The van der Waals surface area contributed by atoms with Gasteiger partial charge in [0.2, 0.25) is 0 Å². The van der Waals surface area contributed by atoms with Crippen LogP contribution in [0.25, 0.3) is 0 Å². The Morgan fingerprint density at radius 3 is 2.38 bits per heavy atom. The lowest BCUT2D eigenvalue weighted by Gasteiger charge is -2.24. The summed E-state index contributed by atoms with van der Waals surface area (Å²) in [6.45, 7) is 9.92. The van der Waals surface area contributed by atoms with Crippen molar-refractivity contribution in [2.75, 3.05) is 0 Å². The molecule has 0 N–H and O–H groups in total. The molecule has 24 heavy (non-hydrogen) atoms. The molecule has 130 valence electrons. The van der Waals surface area contributed by atoms with Gasteiger partial charge in [-0.15, -0.1) is 0 Å². The molecular weight excluding hydrogens is 296 g/mol. The maximum Gasteiger partial charge on any atom is 0.316 e. The van der Waals surface area contributed by atoms with Gasteiger partial charge in [0.05, 0.1) is 5.41 Å². The summed E-state index contributed by atoms with van der Waals surface area (Å²) in [5.74, 6) is 1.79. The third-order valence-corrected chi connectivity index (χ3v) is 5.77. The van der Waals surface area contributed by atoms with Gasteiger partial charge in [0.1, 0.15) is 5.76 Å². The van der Waals surface area contributed by atoms with E-state index in [-0.39, 0.29) is 11.4 Å². The lowest BCUT2D eigenvalue weighted by atomic mass is 9.82. The molecule has 0 aromatic heterocycles. The van der Waals surface area contributed by atoms with Crippen molar-refractivity contribution in [3.8, 4) is 0 Å². The van der Waals surface area contributed by atoms with Crippen LogP contribution in [0.1, 0.15) is 65.9 Å². The van der Waals surface area contributed by atoms with Crippen LogP contribution in [0.3, 0.4) is 0 Å². The Kier molecular flexibility index (Phi) is 4.36. The van der Waals surface area contributed by atoms with Gasteiger partial charge in [-0.2, -0.15) is 0 Å². The van der Waals surface area contributed by atoms with Crippen molar-refractivity contribution in [2.45, 2.75) is 65.7 Å². The highest BCUT2D eigenvalue weighted by Crippen LogP contribution is 2.70. The number of hydrogen-bond donors (Lipinski definition) is 0. The van der Waals surface area contributed by atoms with E-state index in [9.17, 15) is 4.79 Å². The number of rotatable bonds is 3. The number of esters is 1. The first kappa shape index (κ1) is 17.3. The van der Waals surface area contributed by atoms with Gasteiger partial charge >= 0.3 is 5.97 Å². The van der Waals surface area contributed by atoms with Crippen molar-refractivity contribution < 1.29 is 9.53 Å². The number of hydrogen-bond acceptors (Lipinski definition) is 2. The minimum Gasteiger partial charge on any atom is -0.430 e. The van der Waals surface area contributed by atoms with Crippen LogP contribution < -0.4 is 0 Å². The first-order chi connectivity index (χ1) is 11.3. The molecule has 2 aliphatic carbocycles. The van der Waals surface area contributed by atoms with Crippen molar-refractivity contribution in [3.05, 3.63) is 47.2 Å². The first-order valence-corrected chi connectivity index (χ1v) is 9.23. The van der Waals surface area contributed by atoms with Gasteiger partial charge in [-0.3, -0.25) is 4.79 Å². The molecule has 1 unspecified atom stereocenters. The number of ether oxygens (including phenoxy) is 1. The molecule has 2 saturated carbocycles. The second kappa shape index (κ2) is 6.06.